The molecule has 1 spiro atoms. The van der Waals surface area contributed by atoms with Crippen LogP contribution in [0.25, 0.3) is 0 Å². The maximum absolute atomic E-state index is 13.7. The highest BCUT2D eigenvalue weighted by atomic mass is 32.1. The maximum Gasteiger partial charge on any atom is 0.243 e. The molecular weight excluding hydrogens is 340 g/mol. The Labute approximate surface area is 158 Å². The number of nitrogens with zero attached hydrogens (tertiary/aromatic N) is 2. The van der Waals surface area contributed by atoms with E-state index < -0.39 is 0 Å². The number of carbonyl (C=O) groups excluding carboxylic acids is 1. The van der Waals surface area contributed by atoms with Gasteiger partial charge in [-0.1, -0.05) is 24.3 Å². The summed E-state index contributed by atoms with van der Waals surface area (Å²) in [5.41, 5.74) is 4.12. The van der Waals surface area contributed by atoms with Crippen LogP contribution < -0.4 is 0 Å². The number of hydrogen-bond acceptors (Lipinski definition) is 3. The van der Waals surface area contributed by atoms with E-state index in [0.29, 0.717) is 23.9 Å². The second-order valence-corrected chi connectivity index (χ2v) is 9.29. The molecule has 0 unspecified atom stereocenters. The molecule has 4 aliphatic rings. The molecule has 4 heteroatoms. The summed E-state index contributed by atoms with van der Waals surface area (Å²) in [6, 6.07) is 11.8. The summed E-state index contributed by atoms with van der Waals surface area (Å²) in [5, 5.41) is 4.46. The molecule has 0 bridgehead atoms. The van der Waals surface area contributed by atoms with Gasteiger partial charge in [-0.25, -0.2) is 0 Å². The lowest BCUT2D eigenvalue weighted by Crippen LogP contribution is -2.51. The van der Waals surface area contributed by atoms with Crippen LogP contribution in [0.15, 0.2) is 41.1 Å². The van der Waals surface area contributed by atoms with Crippen molar-refractivity contribution in [1.82, 2.24) is 9.80 Å². The van der Waals surface area contributed by atoms with Crippen LogP contribution in [0, 0.1) is 5.92 Å². The first-order valence-corrected chi connectivity index (χ1v) is 10.9. The average molecular weight is 365 g/mol. The highest BCUT2D eigenvalue weighted by Gasteiger charge is 2.65. The summed E-state index contributed by atoms with van der Waals surface area (Å²) >= 11 is 1.78. The molecule has 3 aliphatic heterocycles. The summed E-state index contributed by atoms with van der Waals surface area (Å²) < 4.78 is 0. The van der Waals surface area contributed by atoms with E-state index in [1.165, 1.54) is 23.1 Å². The van der Waals surface area contributed by atoms with Crippen LogP contribution in [0.4, 0.5) is 0 Å². The average Bonchev–Trinajstić information content (AvgIpc) is 3.43. The smallest absolute Gasteiger partial charge is 0.243 e. The Bertz CT molecular complexity index is 838. The molecule has 0 N–H and O–H groups in total. The van der Waals surface area contributed by atoms with Crippen molar-refractivity contribution in [2.75, 3.05) is 13.1 Å². The number of hydrogen-bond donors (Lipinski definition) is 0. The normalized spacial score (nSPS) is 33.7. The van der Waals surface area contributed by atoms with Crippen LogP contribution in [0.2, 0.25) is 0 Å². The summed E-state index contributed by atoms with van der Waals surface area (Å²) in [5.74, 6) is 0.946. The number of thiophene rings is 1. The molecule has 3 fully saturated rings. The summed E-state index contributed by atoms with van der Waals surface area (Å²) in [4.78, 5) is 18.6. The molecular formula is C22H24N2OS. The van der Waals surface area contributed by atoms with Gasteiger partial charge >= 0.3 is 0 Å². The minimum absolute atomic E-state index is 0.193. The fourth-order valence-corrected chi connectivity index (χ4v) is 7.08. The van der Waals surface area contributed by atoms with Crippen LogP contribution in [-0.4, -0.2) is 40.4 Å². The topological polar surface area (TPSA) is 23.6 Å². The van der Waals surface area contributed by atoms with Crippen molar-refractivity contribution in [2.45, 2.75) is 49.7 Å². The van der Waals surface area contributed by atoms with Gasteiger partial charge in [0.1, 0.15) is 5.54 Å². The Morgan fingerprint density at radius 1 is 1.12 bits per heavy atom. The molecule has 1 amide bonds. The first kappa shape index (κ1) is 15.4. The Morgan fingerprint density at radius 2 is 1.92 bits per heavy atom. The number of carbonyl (C=O) groups is 1. The van der Waals surface area contributed by atoms with Crippen molar-refractivity contribution in [2.24, 2.45) is 5.92 Å². The van der Waals surface area contributed by atoms with E-state index in [2.05, 4.69) is 50.9 Å². The standard InChI is InChI=1S/C22H24N2OS/c25-21-22-7-3-8-24(22)20(17-6-9-26-14-17)12-18(22)13-23(21)19-10-15-4-1-2-5-16(15)11-19/h1-2,4-6,9,14,18-20H,3,7-8,10-13H2/t18-,20-,22-/m0/s1. The van der Waals surface area contributed by atoms with E-state index in [-0.39, 0.29) is 5.54 Å². The molecule has 0 radical (unpaired) electrons. The maximum atomic E-state index is 13.7. The molecule has 3 atom stereocenters. The van der Waals surface area contributed by atoms with E-state index in [0.717, 1.165) is 38.8 Å². The van der Waals surface area contributed by atoms with Crippen molar-refractivity contribution in [3.63, 3.8) is 0 Å². The molecule has 3 nitrogen and oxygen atoms in total. The second kappa shape index (κ2) is 5.43. The first-order valence-electron chi connectivity index (χ1n) is 9.94. The zero-order valence-electron chi connectivity index (χ0n) is 14.9. The van der Waals surface area contributed by atoms with Gasteiger partial charge in [0.05, 0.1) is 0 Å². The van der Waals surface area contributed by atoms with E-state index in [9.17, 15) is 4.79 Å². The van der Waals surface area contributed by atoms with Gasteiger partial charge in [0.2, 0.25) is 5.91 Å². The molecule has 0 saturated carbocycles. The van der Waals surface area contributed by atoms with Gasteiger partial charge in [0.15, 0.2) is 0 Å². The molecule has 1 aliphatic carbocycles. The lowest BCUT2D eigenvalue weighted by atomic mass is 9.85. The zero-order chi connectivity index (χ0) is 17.3. The molecule has 1 aromatic carbocycles. The minimum Gasteiger partial charge on any atom is -0.337 e. The zero-order valence-corrected chi connectivity index (χ0v) is 15.8. The lowest BCUT2D eigenvalue weighted by Gasteiger charge is -2.34. The monoisotopic (exact) mass is 364 g/mol. The fourth-order valence-electron chi connectivity index (χ4n) is 6.38. The van der Waals surface area contributed by atoms with E-state index in [1.807, 2.05) is 0 Å². The van der Waals surface area contributed by atoms with Gasteiger partial charge in [0.25, 0.3) is 0 Å². The van der Waals surface area contributed by atoms with Gasteiger partial charge in [0, 0.05) is 24.5 Å². The highest BCUT2D eigenvalue weighted by Crippen LogP contribution is 2.56. The Kier molecular flexibility index (Phi) is 3.22. The van der Waals surface area contributed by atoms with Crippen molar-refractivity contribution >= 4 is 17.2 Å². The number of fused-ring (bicyclic) bond motifs is 1. The minimum atomic E-state index is -0.193. The molecule has 26 heavy (non-hydrogen) atoms. The number of amides is 1. The Balaban J connectivity index is 1.31. The molecule has 4 heterocycles. The van der Waals surface area contributed by atoms with Crippen LogP contribution in [0.5, 0.6) is 0 Å². The molecule has 134 valence electrons. The van der Waals surface area contributed by atoms with Gasteiger partial charge in [-0.2, -0.15) is 11.3 Å². The van der Waals surface area contributed by atoms with E-state index >= 15 is 0 Å². The van der Waals surface area contributed by atoms with E-state index in [4.69, 9.17) is 0 Å². The van der Waals surface area contributed by atoms with Crippen LogP contribution in [-0.2, 0) is 17.6 Å². The van der Waals surface area contributed by atoms with Crippen LogP contribution >= 0.6 is 11.3 Å². The highest BCUT2D eigenvalue weighted by molar-refractivity contribution is 7.08. The molecule has 1 aromatic heterocycles. The summed E-state index contributed by atoms with van der Waals surface area (Å²) in [7, 11) is 0. The summed E-state index contributed by atoms with van der Waals surface area (Å²) in [6.45, 7) is 2.05. The lowest BCUT2D eigenvalue weighted by molar-refractivity contribution is -0.138. The first-order chi connectivity index (χ1) is 12.8. The fraction of sp³-hybridized carbons (Fsp3) is 0.500. The van der Waals surface area contributed by atoms with Crippen LogP contribution in [0.1, 0.15) is 42.0 Å². The van der Waals surface area contributed by atoms with Crippen molar-refractivity contribution in [3.05, 3.63) is 57.8 Å². The SMILES string of the molecule is O=C1N(C2Cc3ccccc3C2)C[C@@H]2C[C@@H](c3ccsc3)N3CCC[C@@]123. The largest absolute Gasteiger partial charge is 0.337 e. The third-order valence-electron chi connectivity index (χ3n) is 7.48. The molecule has 2 aromatic rings. The number of likely N-dealkylation sites (tertiary alicyclic amines) is 1. The summed E-state index contributed by atoms with van der Waals surface area (Å²) in [6.07, 6.45) is 5.46. The third-order valence-corrected chi connectivity index (χ3v) is 8.18. The third kappa shape index (κ3) is 1.89. The van der Waals surface area contributed by atoms with Crippen molar-refractivity contribution < 1.29 is 4.79 Å². The predicted octanol–water partition coefficient (Wildman–Crippen LogP) is 3.65. The van der Waals surface area contributed by atoms with Gasteiger partial charge < -0.3 is 4.90 Å². The Hall–Kier alpha value is -1.65. The Morgan fingerprint density at radius 3 is 2.65 bits per heavy atom. The quantitative estimate of drug-likeness (QED) is 0.812. The number of benzene rings is 1. The van der Waals surface area contributed by atoms with Gasteiger partial charge in [-0.15, -0.1) is 0 Å². The molecule has 6 rings (SSSR count). The van der Waals surface area contributed by atoms with Gasteiger partial charge in [-0.05, 0) is 72.2 Å². The molecule has 3 saturated heterocycles. The number of rotatable bonds is 2. The second-order valence-electron chi connectivity index (χ2n) is 8.51. The van der Waals surface area contributed by atoms with Gasteiger partial charge in [-0.3, -0.25) is 9.69 Å². The van der Waals surface area contributed by atoms with Crippen molar-refractivity contribution in [1.29, 1.82) is 0 Å². The van der Waals surface area contributed by atoms with Crippen molar-refractivity contribution in [3.8, 4) is 0 Å². The van der Waals surface area contributed by atoms with Crippen LogP contribution in [0.3, 0.4) is 0 Å². The van der Waals surface area contributed by atoms with E-state index in [1.54, 1.807) is 11.3 Å². The predicted molar refractivity (Wildman–Crippen MR) is 103 cm³/mol.